The maximum atomic E-state index is 15.1. The number of hydrogen-bond acceptors (Lipinski definition) is 8. The number of phenolic OH excluding ortho intramolecular Hbond substituents is 1. The molecule has 9 nitrogen and oxygen atoms in total. The molecule has 0 unspecified atom stereocenters. The molecule has 3 atom stereocenters. The van der Waals surface area contributed by atoms with E-state index in [1.165, 1.54) is 18.3 Å². The predicted molar refractivity (Wildman–Crippen MR) is 148 cm³/mol. The number of ether oxygens (including phenoxy) is 1. The van der Waals surface area contributed by atoms with Gasteiger partial charge in [0.05, 0.1) is 13.8 Å². The van der Waals surface area contributed by atoms with Crippen molar-refractivity contribution in [2.24, 2.45) is 0 Å². The molecule has 0 amide bonds. The molecular weight excluding hydrogens is 518 g/mol. The first-order valence-corrected chi connectivity index (χ1v) is 13.3. The molecule has 4 aromatic rings. The average molecular weight is 554 g/mol. The highest BCUT2D eigenvalue weighted by Gasteiger charge is 2.34. The van der Waals surface area contributed by atoms with Crippen molar-refractivity contribution in [1.29, 1.82) is 0 Å². The van der Waals surface area contributed by atoms with E-state index in [-0.39, 0.29) is 52.8 Å². The molecule has 7 rings (SSSR count). The number of nitrogens with one attached hydrogen (secondary N) is 1. The highest BCUT2D eigenvalue weighted by molar-refractivity contribution is 5.94. The average Bonchev–Trinajstić information content (AvgIpc) is 3.62. The number of anilines is 1. The predicted octanol–water partition coefficient (Wildman–Crippen LogP) is 3.33. The summed E-state index contributed by atoms with van der Waals surface area (Å²) < 4.78 is 77.2. The van der Waals surface area contributed by atoms with Gasteiger partial charge in [0, 0.05) is 53.0 Å². The third-order valence-electron chi connectivity index (χ3n) is 8.00. The van der Waals surface area contributed by atoms with Gasteiger partial charge in [-0.05, 0) is 62.8 Å². The zero-order valence-electron chi connectivity index (χ0n) is 26.4. The van der Waals surface area contributed by atoms with Gasteiger partial charge in [-0.25, -0.2) is 8.78 Å². The molecule has 11 heteroatoms. The molecule has 3 saturated heterocycles. The monoisotopic (exact) mass is 553 g/mol. The quantitative estimate of drug-likeness (QED) is 0.389. The van der Waals surface area contributed by atoms with Crippen LogP contribution in [0.4, 0.5) is 14.6 Å². The number of rotatable bonds is 5. The molecule has 0 saturated carbocycles. The lowest BCUT2D eigenvalue weighted by Crippen LogP contribution is -2.51. The highest BCUT2D eigenvalue weighted by atomic mass is 19.2. The number of aromatic hydroxyl groups is 1. The van der Waals surface area contributed by atoms with E-state index in [1.54, 1.807) is 6.07 Å². The van der Waals surface area contributed by atoms with Crippen LogP contribution in [0.25, 0.3) is 27.4 Å². The highest BCUT2D eigenvalue weighted by Crippen LogP contribution is 2.33. The standard InChI is InChI=1S/C29H30F2N6O3/c1-35-9-2-3-19(35)15-40-29-33-26-21(27(34-29)36-13-17-5-6-18(14-36)32-17)8-10-37(28(26)39)23-12-20(38)11-16-4-7-22(30)25(31)24(16)23/h4,7-8,10-12,17-19,32,38H,2-3,5-6,9,13-15H2,1H3/t17-,18+,19-/m0/s1/i1D3,15D2. The van der Waals surface area contributed by atoms with Crippen molar-refractivity contribution in [2.75, 3.05) is 38.1 Å². The second-order valence-electron chi connectivity index (χ2n) is 10.6. The molecule has 2 N–H and O–H groups in total. The van der Waals surface area contributed by atoms with E-state index >= 15 is 4.39 Å². The molecule has 3 aliphatic rings. The summed E-state index contributed by atoms with van der Waals surface area (Å²) in [5.41, 5.74) is -1.06. The van der Waals surface area contributed by atoms with Gasteiger partial charge in [0.25, 0.3) is 5.56 Å². The number of hydrogen-bond donors (Lipinski definition) is 2. The van der Waals surface area contributed by atoms with Crippen LogP contribution >= 0.6 is 0 Å². The SMILES string of the molecule is [2H]C([2H])(Oc1nc(N2C[C@H]3CC[C@@H](C2)N3)c2ccn(-c3cc(O)cc4ccc(F)c(F)c34)c(=O)c2n1)[C@@H]1CCCN1C([2H])([2H])[2H]. The maximum absolute atomic E-state index is 15.1. The maximum Gasteiger partial charge on any atom is 0.319 e. The van der Waals surface area contributed by atoms with Crippen molar-refractivity contribution in [3.8, 4) is 17.4 Å². The Hall–Kier alpha value is -3.83. The number of phenols is 1. The molecule has 2 aromatic heterocycles. The van der Waals surface area contributed by atoms with Crippen molar-refractivity contribution in [3.63, 3.8) is 0 Å². The Labute approximate surface area is 236 Å². The topological polar surface area (TPSA) is 95.8 Å². The number of piperazine rings is 1. The lowest BCUT2D eigenvalue weighted by molar-refractivity contribution is 0.188. The molecule has 0 aliphatic carbocycles. The van der Waals surface area contributed by atoms with E-state index in [0.29, 0.717) is 30.7 Å². The Morgan fingerprint density at radius 3 is 2.80 bits per heavy atom. The zero-order chi connectivity index (χ0) is 31.8. The van der Waals surface area contributed by atoms with Gasteiger partial charge in [-0.1, -0.05) is 6.07 Å². The first-order valence-electron chi connectivity index (χ1n) is 15.8. The van der Waals surface area contributed by atoms with Crippen LogP contribution in [0.5, 0.6) is 11.8 Å². The molecule has 2 aromatic carbocycles. The Morgan fingerprint density at radius 1 is 1.18 bits per heavy atom. The van der Waals surface area contributed by atoms with E-state index in [1.807, 2.05) is 4.90 Å². The summed E-state index contributed by atoms with van der Waals surface area (Å²) >= 11 is 0. The van der Waals surface area contributed by atoms with Crippen LogP contribution in [-0.2, 0) is 0 Å². The van der Waals surface area contributed by atoms with E-state index in [4.69, 9.17) is 11.6 Å². The Kier molecular flexibility index (Phi) is 4.86. The normalized spacial score (nSPS) is 25.5. The van der Waals surface area contributed by atoms with Crippen LogP contribution in [0.15, 0.2) is 41.3 Å². The van der Waals surface area contributed by atoms with Gasteiger partial charge < -0.3 is 25.0 Å². The van der Waals surface area contributed by atoms with Gasteiger partial charge in [0.2, 0.25) is 0 Å². The van der Waals surface area contributed by atoms with Crippen LogP contribution in [0.1, 0.15) is 32.5 Å². The van der Waals surface area contributed by atoms with Crippen molar-refractivity contribution in [2.45, 2.75) is 43.8 Å². The minimum absolute atomic E-state index is 0.119. The van der Waals surface area contributed by atoms with Gasteiger partial charge in [0.15, 0.2) is 11.6 Å². The van der Waals surface area contributed by atoms with Crippen LogP contribution in [-0.4, -0.2) is 75.8 Å². The van der Waals surface area contributed by atoms with Gasteiger partial charge in [-0.3, -0.25) is 9.36 Å². The van der Waals surface area contributed by atoms with E-state index < -0.39 is 42.8 Å². The second kappa shape index (κ2) is 9.67. The summed E-state index contributed by atoms with van der Waals surface area (Å²) in [5.74, 6) is -2.26. The first-order chi connectivity index (χ1) is 21.3. The van der Waals surface area contributed by atoms with Crippen LogP contribution in [0.2, 0.25) is 0 Å². The van der Waals surface area contributed by atoms with Crippen molar-refractivity contribution < 1.29 is 25.5 Å². The molecular formula is C29H30F2N6O3. The van der Waals surface area contributed by atoms with Gasteiger partial charge in [0.1, 0.15) is 23.6 Å². The summed E-state index contributed by atoms with van der Waals surface area (Å²) in [7, 11) is 0. The zero-order valence-corrected chi connectivity index (χ0v) is 21.4. The van der Waals surface area contributed by atoms with E-state index in [2.05, 4.69) is 15.3 Å². The fourth-order valence-electron chi connectivity index (χ4n) is 6.09. The molecule has 3 fully saturated rings. The van der Waals surface area contributed by atoms with Gasteiger partial charge >= 0.3 is 6.01 Å². The van der Waals surface area contributed by atoms with Crippen LogP contribution in [0, 0.1) is 11.6 Å². The Bertz CT molecular complexity index is 1880. The number of halogens is 2. The molecule has 2 bridgehead atoms. The largest absolute Gasteiger partial charge is 0.508 e. The third kappa shape index (κ3) is 4.24. The van der Waals surface area contributed by atoms with Crippen LogP contribution in [0.3, 0.4) is 0 Å². The second-order valence-corrected chi connectivity index (χ2v) is 10.6. The summed E-state index contributed by atoms with van der Waals surface area (Å²) in [6.07, 6.45) is 3.98. The number of benzene rings is 2. The fourth-order valence-corrected chi connectivity index (χ4v) is 6.09. The summed E-state index contributed by atoms with van der Waals surface area (Å²) in [6, 6.07) is 4.99. The number of aromatic nitrogens is 3. The van der Waals surface area contributed by atoms with Crippen LogP contribution < -0.4 is 20.5 Å². The molecule has 5 heterocycles. The van der Waals surface area contributed by atoms with Crippen molar-refractivity contribution in [1.82, 2.24) is 24.8 Å². The fraction of sp³-hybridized carbons (Fsp3) is 0.414. The van der Waals surface area contributed by atoms with Gasteiger partial charge in [-0.2, -0.15) is 9.97 Å². The molecule has 3 aliphatic heterocycles. The lowest BCUT2D eigenvalue weighted by atomic mass is 10.1. The molecule has 0 spiro atoms. The van der Waals surface area contributed by atoms with Crippen molar-refractivity contribution in [3.05, 3.63) is 58.5 Å². The number of likely N-dealkylation sites (N-methyl/N-ethyl adjacent to an activating group) is 1. The number of likely N-dealkylation sites (tertiary alicyclic amines) is 1. The third-order valence-corrected chi connectivity index (χ3v) is 8.00. The van der Waals surface area contributed by atoms with E-state index in [0.717, 1.165) is 34.4 Å². The Balaban J connectivity index is 1.39. The summed E-state index contributed by atoms with van der Waals surface area (Å²) in [5, 5.41) is 14.2. The minimum Gasteiger partial charge on any atom is -0.508 e. The summed E-state index contributed by atoms with van der Waals surface area (Å²) in [6.45, 7) is -3.78. The number of fused-ring (bicyclic) bond motifs is 4. The lowest BCUT2D eigenvalue weighted by Gasteiger charge is -2.34. The molecule has 208 valence electrons. The molecule has 40 heavy (non-hydrogen) atoms. The van der Waals surface area contributed by atoms with Crippen molar-refractivity contribution >= 4 is 27.5 Å². The Morgan fingerprint density at radius 2 is 2.00 bits per heavy atom. The first kappa shape index (κ1) is 20.1. The smallest absolute Gasteiger partial charge is 0.319 e. The van der Waals surface area contributed by atoms with E-state index in [9.17, 15) is 14.3 Å². The minimum atomic E-state index is -2.54. The molecule has 0 radical (unpaired) electrons. The van der Waals surface area contributed by atoms with Gasteiger partial charge in [-0.15, -0.1) is 0 Å². The number of nitrogens with zero attached hydrogens (tertiary/aromatic N) is 5. The number of pyridine rings is 1. The summed E-state index contributed by atoms with van der Waals surface area (Å²) in [4.78, 5) is 26.1.